The van der Waals surface area contributed by atoms with E-state index in [-0.39, 0.29) is 5.75 Å². The topological polar surface area (TPSA) is 94.3 Å². The lowest BCUT2D eigenvalue weighted by Crippen LogP contribution is -2.53. The molecule has 0 amide bonds. The Morgan fingerprint density at radius 1 is 1.17 bits per heavy atom. The number of sulfonamides is 1. The van der Waals surface area contributed by atoms with Crippen LogP contribution in [0.15, 0.2) is 46.1 Å². The molecule has 2 aromatic rings. The standard InChI is InChI=1S/C19H28N6O3S/c1-20-19(21-14-16-4-6-18(7-5-16)23(2)3)24-9-11-25(12-10-24)29(26,27)15-17-8-13-28-22-17/h4-8,13H,9-12,14-15H2,1-3H3,(H,20,21). The molecule has 2 heterocycles. The predicted molar refractivity (Wildman–Crippen MR) is 113 cm³/mol. The summed E-state index contributed by atoms with van der Waals surface area (Å²) in [7, 11) is 2.36. The number of rotatable bonds is 6. The van der Waals surface area contributed by atoms with Gasteiger partial charge in [-0.2, -0.15) is 4.31 Å². The summed E-state index contributed by atoms with van der Waals surface area (Å²) in [5, 5.41) is 7.06. The molecule has 3 rings (SSSR count). The molecule has 1 saturated heterocycles. The van der Waals surface area contributed by atoms with E-state index >= 15 is 0 Å². The molecule has 9 nitrogen and oxygen atoms in total. The minimum absolute atomic E-state index is 0.139. The van der Waals surface area contributed by atoms with Crippen molar-refractivity contribution >= 4 is 21.7 Å². The normalized spacial score (nSPS) is 16.1. The highest BCUT2D eigenvalue weighted by atomic mass is 32.2. The van der Waals surface area contributed by atoms with E-state index in [0.717, 1.165) is 17.2 Å². The fourth-order valence-corrected chi connectivity index (χ4v) is 4.62. The Morgan fingerprint density at radius 2 is 1.86 bits per heavy atom. The highest BCUT2D eigenvalue weighted by Gasteiger charge is 2.28. The minimum atomic E-state index is -3.41. The Hall–Kier alpha value is -2.59. The van der Waals surface area contributed by atoms with Gasteiger partial charge in [0.15, 0.2) is 5.96 Å². The second kappa shape index (κ2) is 9.27. The Labute approximate surface area is 172 Å². The summed E-state index contributed by atoms with van der Waals surface area (Å²) in [4.78, 5) is 8.49. The fourth-order valence-electron chi connectivity index (χ4n) is 3.19. The van der Waals surface area contributed by atoms with Gasteiger partial charge in [-0.1, -0.05) is 17.3 Å². The number of anilines is 1. The summed E-state index contributed by atoms with van der Waals surface area (Å²) in [6.07, 6.45) is 1.38. The first-order chi connectivity index (χ1) is 13.9. The summed E-state index contributed by atoms with van der Waals surface area (Å²) in [6, 6.07) is 9.91. The van der Waals surface area contributed by atoms with Crippen molar-refractivity contribution in [1.29, 1.82) is 0 Å². The summed E-state index contributed by atoms with van der Waals surface area (Å²) < 4.78 is 31.4. The van der Waals surface area contributed by atoms with E-state index in [2.05, 4.69) is 49.5 Å². The maximum absolute atomic E-state index is 12.6. The lowest BCUT2D eigenvalue weighted by Gasteiger charge is -2.35. The molecule has 1 fully saturated rings. The van der Waals surface area contributed by atoms with E-state index < -0.39 is 10.0 Å². The van der Waals surface area contributed by atoms with Crippen molar-refractivity contribution in [2.45, 2.75) is 12.3 Å². The summed E-state index contributed by atoms with van der Waals surface area (Å²) >= 11 is 0. The second-order valence-electron chi connectivity index (χ2n) is 7.09. The van der Waals surface area contributed by atoms with Gasteiger partial charge in [0.05, 0.1) is 5.69 Å². The Balaban J connectivity index is 1.52. The molecule has 1 aromatic carbocycles. The lowest BCUT2D eigenvalue weighted by atomic mass is 10.2. The van der Waals surface area contributed by atoms with Gasteiger partial charge in [-0.05, 0) is 17.7 Å². The third kappa shape index (κ3) is 5.48. The number of piperazine rings is 1. The van der Waals surface area contributed by atoms with E-state index in [4.69, 9.17) is 4.52 Å². The van der Waals surface area contributed by atoms with Crippen LogP contribution in [0, 0.1) is 0 Å². The molecule has 1 aliphatic heterocycles. The quantitative estimate of drug-likeness (QED) is 0.549. The molecule has 0 spiro atoms. The lowest BCUT2D eigenvalue weighted by molar-refractivity contribution is 0.259. The van der Waals surface area contributed by atoms with Gasteiger partial charge in [-0.25, -0.2) is 8.42 Å². The molecule has 1 aliphatic rings. The van der Waals surface area contributed by atoms with Crippen LogP contribution in [0.1, 0.15) is 11.3 Å². The van der Waals surface area contributed by atoms with E-state index in [9.17, 15) is 8.42 Å². The molecular formula is C19H28N6O3S. The maximum atomic E-state index is 12.6. The van der Waals surface area contributed by atoms with Gasteiger partial charge in [0.1, 0.15) is 12.0 Å². The number of guanidine groups is 1. The number of benzene rings is 1. The molecule has 10 heteroatoms. The van der Waals surface area contributed by atoms with Crippen molar-refractivity contribution in [3.05, 3.63) is 47.9 Å². The molecule has 0 unspecified atom stereocenters. The Morgan fingerprint density at radius 3 is 2.41 bits per heavy atom. The van der Waals surface area contributed by atoms with Crippen LogP contribution in [0.25, 0.3) is 0 Å². The molecular weight excluding hydrogens is 392 g/mol. The molecule has 0 saturated carbocycles. The third-order valence-corrected chi connectivity index (χ3v) is 6.68. The number of nitrogens with one attached hydrogen (secondary N) is 1. The fraction of sp³-hybridized carbons (Fsp3) is 0.474. The van der Waals surface area contributed by atoms with Crippen molar-refractivity contribution < 1.29 is 12.9 Å². The zero-order chi connectivity index (χ0) is 20.9. The number of nitrogens with zero attached hydrogens (tertiary/aromatic N) is 5. The smallest absolute Gasteiger partial charge is 0.220 e. The minimum Gasteiger partial charge on any atom is -0.378 e. The Kier molecular flexibility index (Phi) is 6.75. The van der Waals surface area contributed by atoms with Crippen LogP contribution >= 0.6 is 0 Å². The number of hydrogen-bond acceptors (Lipinski definition) is 6. The van der Waals surface area contributed by atoms with Gasteiger partial charge in [0.2, 0.25) is 10.0 Å². The Bertz CT molecular complexity index is 902. The van der Waals surface area contributed by atoms with Crippen molar-refractivity contribution in [3.8, 4) is 0 Å². The largest absolute Gasteiger partial charge is 0.378 e. The predicted octanol–water partition coefficient (Wildman–Crippen LogP) is 0.964. The zero-order valence-corrected chi connectivity index (χ0v) is 17.9. The second-order valence-corrected chi connectivity index (χ2v) is 9.06. The van der Waals surface area contributed by atoms with E-state index in [1.165, 1.54) is 10.6 Å². The van der Waals surface area contributed by atoms with Crippen molar-refractivity contribution in [2.75, 3.05) is 52.2 Å². The molecule has 1 N–H and O–H groups in total. The molecule has 0 aliphatic carbocycles. The van der Waals surface area contributed by atoms with E-state index in [1.54, 1.807) is 13.1 Å². The first-order valence-electron chi connectivity index (χ1n) is 9.48. The molecule has 0 atom stereocenters. The van der Waals surface area contributed by atoms with Gasteiger partial charge in [0, 0.05) is 65.6 Å². The van der Waals surface area contributed by atoms with Crippen LogP contribution in [0.4, 0.5) is 5.69 Å². The first-order valence-corrected chi connectivity index (χ1v) is 11.1. The van der Waals surface area contributed by atoms with Crippen LogP contribution in [0.3, 0.4) is 0 Å². The molecule has 0 bridgehead atoms. The average Bonchev–Trinajstić information content (AvgIpc) is 3.21. The van der Waals surface area contributed by atoms with Crippen LogP contribution in [0.5, 0.6) is 0 Å². The average molecular weight is 421 g/mol. The van der Waals surface area contributed by atoms with Gasteiger partial charge in [-0.3, -0.25) is 4.99 Å². The van der Waals surface area contributed by atoms with Crippen LogP contribution < -0.4 is 10.2 Å². The SMILES string of the molecule is CN=C(NCc1ccc(N(C)C)cc1)N1CCN(S(=O)(=O)Cc2ccon2)CC1. The van der Waals surface area contributed by atoms with Crippen LogP contribution in [-0.4, -0.2) is 76.1 Å². The number of aliphatic imine (C=N–C) groups is 1. The monoisotopic (exact) mass is 420 g/mol. The zero-order valence-electron chi connectivity index (χ0n) is 17.1. The maximum Gasteiger partial charge on any atom is 0.220 e. The van der Waals surface area contributed by atoms with Crippen molar-refractivity contribution in [3.63, 3.8) is 0 Å². The van der Waals surface area contributed by atoms with Gasteiger partial charge >= 0.3 is 0 Å². The molecule has 0 radical (unpaired) electrons. The van der Waals surface area contributed by atoms with Crippen LogP contribution in [-0.2, 0) is 22.3 Å². The molecule has 158 valence electrons. The van der Waals surface area contributed by atoms with Gasteiger partial charge in [-0.15, -0.1) is 0 Å². The number of hydrogen-bond donors (Lipinski definition) is 1. The van der Waals surface area contributed by atoms with Gasteiger partial charge < -0.3 is 19.6 Å². The van der Waals surface area contributed by atoms with E-state index in [0.29, 0.717) is 38.4 Å². The molecule has 1 aromatic heterocycles. The first kappa shape index (κ1) is 21.1. The van der Waals surface area contributed by atoms with Crippen molar-refractivity contribution in [1.82, 2.24) is 19.7 Å². The van der Waals surface area contributed by atoms with Crippen molar-refractivity contribution in [2.24, 2.45) is 4.99 Å². The number of aromatic nitrogens is 1. The van der Waals surface area contributed by atoms with Gasteiger partial charge in [0.25, 0.3) is 0 Å². The highest BCUT2D eigenvalue weighted by molar-refractivity contribution is 7.88. The van der Waals surface area contributed by atoms with E-state index in [1.807, 2.05) is 14.1 Å². The highest BCUT2D eigenvalue weighted by Crippen LogP contribution is 2.14. The van der Waals surface area contributed by atoms with Crippen LogP contribution in [0.2, 0.25) is 0 Å². The third-order valence-electron chi connectivity index (χ3n) is 4.87. The summed E-state index contributed by atoms with van der Waals surface area (Å²) in [6.45, 7) is 2.65. The molecule has 29 heavy (non-hydrogen) atoms. The summed E-state index contributed by atoms with van der Waals surface area (Å²) in [5.41, 5.74) is 2.73. The summed E-state index contributed by atoms with van der Waals surface area (Å²) in [5.74, 6) is 0.634.